The van der Waals surface area contributed by atoms with E-state index in [0.717, 1.165) is 23.2 Å². The van der Waals surface area contributed by atoms with Crippen LogP contribution in [0.15, 0.2) is 59.8 Å². The molecule has 0 unspecified atom stereocenters. The second-order valence-electron chi connectivity index (χ2n) is 6.74. The number of hydrogen-bond acceptors (Lipinski definition) is 4. The van der Waals surface area contributed by atoms with Crippen LogP contribution in [0.2, 0.25) is 0 Å². The number of esters is 1. The highest BCUT2D eigenvalue weighted by Crippen LogP contribution is 2.40. The molecule has 144 valence electrons. The van der Waals surface area contributed by atoms with Crippen LogP contribution < -0.4 is 5.32 Å². The smallest absolute Gasteiger partial charge is 0.338 e. The highest BCUT2D eigenvalue weighted by atomic mass is 19.1. The number of nitrogens with zero attached hydrogens (tertiary/aromatic N) is 2. The first-order valence-electron chi connectivity index (χ1n) is 9.53. The lowest BCUT2D eigenvalue weighted by Crippen LogP contribution is -2.29. The molecular weight excluding hydrogens is 357 g/mol. The van der Waals surface area contributed by atoms with E-state index in [4.69, 9.17) is 9.72 Å². The van der Waals surface area contributed by atoms with Gasteiger partial charge in [-0.15, -0.1) is 0 Å². The zero-order valence-corrected chi connectivity index (χ0v) is 15.9. The van der Waals surface area contributed by atoms with Gasteiger partial charge >= 0.3 is 5.97 Å². The van der Waals surface area contributed by atoms with Gasteiger partial charge in [0.1, 0.15) is 5.82 Å². The van der Waals surface area contributed by atoms with Crippen molar-refractivity contribution >= 4 is 23.0 Å². The molecule has 0 amide bonds. The molecule has 6 heteroatoms. The minimum Gasteiger partial charge on any atom is -0.463 e. The fourth-order valence-corrected chi connectivity index (χ4v) is 3.77. The zero-order valence-electron chi connectivity index (χ0n) is 15.9. The zero-order chi connectivity index (χ0) is 19.7. The molecule has 0 saturated heterocycles. The second kappa shape index (κ2) is 7.46. The lowest BCUT2D eigenvalue weighted by Gasteiger charge is -2.31. The molecule has 1 N–H and O–H groups in total. The summed E-state index contributed by atoms with van der Waals surface area (Å²) in [5.41, 5.74) is 3.65. The van der Waals surface area contributed by atoms with Crippen LogP contribution in [0.4, 0.5) is 10.3 Å². The predicted octanol–water partition coefficient (Wildman–Crippen LogP) is 4.81. The summed E-state index contributed by atoms with van der Waals surface area (Å²) in [7, 11) is 0. The van der Waals surface area contributed by atoms with Gasteiger partial charge in [0.2, 0.25) is 5.95 Å². The summed E-state index contributed by atoms with van der Waals surface area (Å²) in [5, 5.41) is 3.33. The quantitative estimate of drug-likeness (QED) is 0.647. The van der Waals surface area contributed by atoms with Crippen molar-refractivity contribution in [3.05, 3.63) is 71.2 Å². The number of aromatic nitrogens is 2. The van der Waals surface area contributed by atoms with Crippen molar-refractivity contribution in [1.82, 2.24) is 9.55 Å². The number of carbonyl (C=O) groups excluding carboxylic acids is 1. The average Bonchev–Trinajstić information content (AvgIpc) is 3.05. The van der Waals surface area contributed by atoms with Gasteiger partial charge in [-0.2, -0.15) is 0 Å². The lowest BCUT2D eigenvalue weighted by molar-refractivity contribution is -0.139. The van der Waals surface area contributed by atoms with Crippen molar-refractivity contribution < 1.29 is 13.9 Å². The van der Waals surface area contributed by atoms with Crippen LogP contribution in [0.5, 0.6) is 0 Å². The normalized spacial score (nSPS) is 16.0. The number of para-hydroxylation sites is 2. The Bertz CT molecular complexity index is 1070. The summed E-state index contributed by atoms with van der Waals surface area (Å²) >= 11 is 0. The summed E-state index contributed by atoms with van der Waals surface area (Å²) in [6.07, 6.45) is 1.52. The Labute approximate surface area is 162 Å². The number of rotatable bonds is 5. The number of allylic oxidation sites excluding steroid dienone is 1. The highest BCUT2D eigenvalue weighted by Gasteiger charge is 2.35. The third-order valence-electron chi connectivity index (χ3n) is 4.88. The van der Waals surface area contributed by atoms with E-state index in [2.05, 4.69) is 5.32 Å². The van der Waals surface area contributed by atoms with E-state index in [9.17, 15) is 9.18 Å². The van der Waals surface area contributed by atoms with Crippen LogP contribution in [-0.2, 0) is 9.53 Å². The number of halogens is 1. The molecule has 0 aliphatic carbocycles. The van der Waals surface area contributed by atoms with Gasteiger partial charge in [0.05, 0.1) is 29.3 Å². The van der Waals surface area contributed by atoms with Crippen molar-refractivity contribution in [3.8, 4) is 0 Å². The van der Waals surface area contributed by atoms with Gasteiger partial charge in [0.15, 0.2) is 0 Å². The molecule has 1 aliphatic rings. The van der Waals surface area contributed by atoms with E-state index in [1.165, 1.54) is 12.1 Å². The van der Waals surface area contributed by atoms with E-state index >= 15 is 0 Å². The number of benzene rings is 2. The molecule has 4 rings (SSSR count). The molecule has 5 nitrogen and oxygen atoms in total. The van der Waals surface area contributed by atoms with E-state index in [-0.39, 0.29) is 12.4 Å². The molecule has 0 bridgehead atoms. The number of anilines is 1. The van der Waals surface area contributed by atoms with Crippen LogP contribution in [0, 0.1) is 5.82 Å². The van der Waals surface area contributed by atoms with Crippen molar-refractivity contribution in [2.45, 2.75) is 32.7 Å². The third-order valence-corrected chi connectivity index (χ3v) is 4.88. The molecule has 0 fully saturated rings. The molecule has 2 heterocycles. The molecule has 0 spiro atoms. The molecule has 3 aromatic rings. The van der Waals surface area contributed by atoms with Crippen molar-refractivity contribution in [1.29, 1.82) is 0 Å². The lowest BCUT2D eigenvalue weighted by atomic mass is 9.93. The Morgan fingerprint density at radius 2 is 2.04 bits per heavy atom. The molecule has 0 radical (unpaired) electrons. The van der Waals surface area contributed by atoms with E-state index in [1.807, 2.05) is 41.8 Å². The number of nitrogens with one attached hydrogen (secondary N) is 1. The summed E-state index contributed by atoms with van der Waals surface area (Å²) in [5.74, 6) is -0.0923. The minimum atomic E-state index is -0.514. The number of carbonyl (C=O) groups is 1. The number of hydrogen-bond donors (Lipinski definition) is 1. The number of imidazole rings is 1. The Morgan fingerprint density at radius 1 is 1.21 bits per heavy atom. The van der Waals surface area contributed by atoms with Crippen LogP contribution >= 0.6 is 0 Å². The topological polar surface area (TPSA) is 56.2 Å². The van der Waals surface area contributed by atoms with Gasteiger partial charge in [0, 0.05) is 5.70 Å². The van der Waals surface area contributed by atoms with E-state index in [1.54, 1.807) is 13.0 Å². The van der Waals surface area contributed by atoms with Gasteiger partial charge < -0.3 is 10.1 Å². The van der Waals surface area contributed by atoms with Gasteiger partial charge in [-0.1, -0.05) is 37.6 Å². The summed E-state index contributed by atoms with van der Waals surface area (Å²) in [6, 6.07) is 13.6. The first-order valence-corrected chi connectivity index (χ1v) is 9.53. The average molecular weight is 379 g/mol. The van der Waals surface area contributed by atoms with Gasteiger partial charge in [-0.25, -0.2) is 14.2 Å². The Hall–Kier alpha value is -3.15. The van der Waals surface area contributed by atoms with Crippen LogP contribution in [-0.4, -0.2) is 22.1 Å². The minimum absolute atomic E-state index is 0.273. The van der Waals surface area contributed by atoms with Crippen molar-refractivity contribution in [2.75, 3.05) is 11.9 Å². The summed E-state index contributed by atoms with van der Waals surface area (Å²) in [6.45, 7) is 4.10. The van der Waals surface area contributed by atoms with Gasteiger partial charge in [0.25, 0.3) is 0 Å². The maximum atomic E-state index is 14.1. The molecule has 2 aromatic carbocycles. The van der Waals surface area contributed by atoms with E-state index < -0.39 is 12.0 Å². The summed E-state index contributed by atoms with van der Waals surface area (Å²) in [4.78, 5) is 17.7. The number of fused-ring (bicyclic) bond motifs is 3. The van der Waals surface area contributed by atoms with Crippen LogP contribution in [0.3, 0.4) is 0 Å². The maximum absolute atomic E-state index is 14.1. The Balaban J connectivity index is 2.00. The van der Waals surface area contributed by atoms with Gasteiger partial charge in [-0.3, -0.25) is 4.57 Å². The first kappa shape index (κ1) is 18.2. The van der Waals surface area contributed by atoms with Crippen LogP contribution in [0.1, 0.15) is 38.3 Å². The largest absolute Gasteiger partial charge is 0.463 e. The monoisotopic (exact) mass is 379 g/mol. The Kier molecular flexibility index (Phi) is 4.86. The maximum Gasteiger partial charge on any atom is 0.338 e. The predicted molar refractivity (Wildman–Crippen MR) is 106 cm³/mol. The summed E-state index contributed by atoms with van der Waals surface area (Å²) < 4.78 is 21.4. The molecule has 0 saturated carbocycles. The van der Waals surface area contributed by atoms with Crippen molar-refractivity contribution in [2.24, 2.45) is 0 Å². The molecule has 1 atom stereocenters. The standard InChI is InChI=1S/C22H22FN3O2/c1-3-8-17-19(21(27)28-4-2)20(14-9-7-10-15(23)13-14)26-18-12-6-5-11-16(18)24-22(26)25-17/h5-7,9-13,20H,3-4,8H2,1-2H3,(H,24,25)/t20-/m1/s1. The van der Waals surface area contributed by atoms with Crippen molar-refractivity contribution in [3.63, 3.8) is 0 Å². The molecular formula is C22H22FN3O2. The SMILES string of the molecule is CCCC1=C(C(=O)OCC)[C@@H](c2cccc(F)c2)n2c(nc3ccccc32)N1. The second-order valence-corrected chi connectivity index (χ2v) is 6.74. The first-order chi connectivity index (χ1) is 13.6. The fraction of sp³-hybridized carbons (Fsp3) is 0.273. The molecule has 1 aromatic heterocycles. The van der Waals surface area contributed by atoms with Crippen LogP contribution in [0.25, 0.3) is 11.0 Å². The van der Waals surface area contributed by atoms with Gasteiger partial charge in [-0.05, 0) is 43.2 Å². The Morgan fingerprint density at radius 3 is 2.79 bits per heavy atom. The fourth-order valence-electron chi connectivity index (χ4n) is 3.77. The highest BCUT2D eigenvalue weighted by molar-refractivity contribution is 5.94. The third kappa shape index (κ3) is 3.05. The van der Waals surface area contributed by atoms with E-state index in [0.29, 0.717) is 23.5 Å². The molecule has 28 heavy (non-hydrogen) atoms. The molecule has 1 aliphatic heterocycles. The number of ether oxygens (including phenoxy) is 1.